The first-order chi connectivity index (χ1) is 6.77. The molecule has 14 heavy (non-hydrogen) atoms. The normalized spacial score (nSPS) is 9.43. The van der Waals surface area contributed by atoms with Gasteiger partial charge in [0.15, 0.2) is 0 Å². The fourth-order valence-corrected chi connectivity index (χ4v) is 1.13. The summed E-state index contributed by atoms with van der Waals surface area (Å²) in [5.41, 5.74) is 7.18. The number of rotatable bonds is 4. The van der Waals surface area contributed by atoms with E-state index in [4.69, 9.17) is 15.7 Å². The lowest BCUT2D eigenvalue weighted by molar-refractivity contribution is 0.317. The van der Waals surface area contributed by atoms with Gasteiger partial charge in [0.25, 0.3) is 0 Å². The van der Waals surface area contributed by atoms with E-state index in [1.54, 1.807) is 6.07 Å². The van der Waals surface area contributed by atoms with Crippen LogP contribution >= 0.6 is 0 Å². The molecule has 0 bridgehead atoms. The zero-order valence-corrected chi connectivity index (χ0v) is 8.29. The Morgan fingerprint density at radius 3 is 2.93 bits per heavy atom. The molecule has 0 spiro atoms. The van der Waals surface area contributed by atoms with Gasteiger partial charge in [-0.05, 0) is 30.2 Å². The molecule has 0 fully saturated rings. The number of nitriles is 1. The molecular formula is C11H14N2O. The maximum atomic E-state index is 8.56. The van der Waals surface area contributed by atoms with Crippen molar-refractivity contribution in [3.63, 3.8) is 0 Å². The summed E-state index contributed by atoms with van der Waals surface area (Å²) in [6.45, 7) is 2.74. The maximum Gasteiger partial charge on any atom is 0.119 e. The van der Waals surface area contributed by atoms with Crippen LogP contribution in [0.15, 0.2) is 18.2 Å². The number of anilines is 1. The Balaban J connectivity index is 2.79. The molecule has 1 aromatic carbocycles. The van der Waals surface area contributed by atoms with Crippen LogP contribution in [0.1, 0.15) is 18.9 Å². The minimum atomic E-state index is 0.329. The van der Waals surface area contributed by atoms with Gasteiger partial charge in [-0.3, -0.25) is 0 Å². The van der Waals surface area contributed by atoms with Crippen molar-refractivity contribution in [2.24, 2.45) is 0 Å². The van der Waals surface area contributed by atoms with Crippen molar-refractivity contribution in [2.75, 3.05) is 12.3 Å². The van der Waals surface area contributed by atoms with Gasteiger partial charge in [0.1, 0.15) is 5.75 Å². The molecule has 1 rings (SSSR count). The van der Waals surface area contributed by atoms with Crippen molar-refractivity contribution in [2.45, 2.75) is 19.8 Å². The summed E-state index contributed by atoms with van der Waals surface area (Å²) in [5, 5.41) is 8.56. The summed E-state index contributed by atoms with van der Waals surface area (Å²) in [6.07, 6.45) is 1.30. The number of hydrogen-bond acceptors (Lipinski definition) is 3. The van der Waals surface area contributed by atoms with Gasteiger partial charge in [-0.2, -0.15) is 5.26 Å². The Morgan fingerprint density at radius 2 is 2.29 bits per heavy atom. The van der Waals surface area contributed by atoms with Crippen LogP contribution in [0.2, 0.25) is 0 Å². The molecule has 0 atom stereocenters. The van der Waals surface area contributed by atoms with Gasteiger partial charge in [0.2, 0.25) is 0 Å². The largest absolute Gasteiger partial charge is 0.494 e. The smallest absolute Gasteiger partial charge is 0.119 e. The van der Waals surface area contributed by atoms with Gasteiger partial charge in [-0.15, -0.1) is 0 Å². The van der Waals surface area contributed by atoms with E-state index < -0.39 is 0 Å². The van der Waals surface area contributed by atoms with E-state index in [0.29, 0.717) is 18.7 Å². The summed E-state index contributed by atoms with van der Waals surface area (Å²) in [6, 6.07) is 7.50. The second-order valence-corrected chi connectivity index (χ2v) is 3.04. The quantitative estimate of drug-likeness (QED) is 0.740. The third-order valence-electron chi connectivity index (χ3n) is 1.86. The topological polar surface area (TPSA) is 59.0 Å². The van der Waals surface area contributed by atoms with E-state index >= 15 is 0 Å². The molecule has 1 aromatic rings. The number of hydrogen-bond donors (Lipinski definition) is 1. The third-order valence-corrected chi connectivity index (χ3v) is 1.86. The standard InChI is InChI=1S/C11H14N2O/c1-2-7-14-10-3-4-11(13)9(8-10)5-6-12/h3-4,8H,2,5,7,13H2,1H3. The Kier molecular flexibility index (Phi) is 3.81. The van der Waals surface area contributed by atoms with Crippen molar-refractivity contribution < 1.29 is 4.74 Å². The number of nitrogens with zero attached hydrogens (tertiary/aromatic N) is 1. The first kappa shape index (κ1) is 10.4. The zero-order valence-electron chi connectivity index (χ0n) is 8.29. The molecular weight excluding hydrogens is 176 g/mol. The second kappa shape index (κ2) is 5.13. The van der Waals surface area contributed by atoms with Gasteiger partial charge >= 0.3 is 0 Å². The summed E-state index contributed by atoms with van der Waals surface area (Å²) in [7, 11) is 0. The molecule has 0 saturated heterocycles. The van der Waals surface area contributed by atoms with Crippen LogP contribution in [0.4, 0.5) is 5.69 Å². The van der Waals surface area contributed by atoms with Crippen molar-refractivity contribution in [3.05, 3.63) is 23.8 Å². The van der Waals surface area contributed by atoms with Gasteiger partial charge in [0, 0.05) is 5.69 Å². The highest BCUT2D eigenvalue weighted by atomic mass is 16.5. The molecule has 74 valence electrons. The Labute approximate surface area is 84.1 Å². The molecule has 3 heteroatoms. The molecule has 0 heterocycles. The lowest BCUT2D eigenvalue weighted by Gasteiger charge is -2.07. The van der Waals surface area contributed by atoms with Crippen LogP contribution in [-0.2, 0) is 6.42 Å². The Bertz CT molecular complexity index is 342. The summed E-state index contributed by atoms with van der Waals surface area (Å²) >= 11 is 0. The van der Waals surface area contributed by atoms with Crippen LogP contribution < -0.4 is 10.5 Å². The summed E-state index contributed by atoms with van der Waals surface area (Å²) in [4.78, 5) is 0. The molecule has 2 N–H and O–H groups in total. The second-order valence-electron chi connectivity index (χ2n) is 3.04. The first-order valence-corrected chi connectivity index (χ1v) is 4.66. The summed E-state index contributed by atoms with van der Waals surface area (Å²) in [5.74, 6) is 0.784. The number of nitrogens with two attached hydrogens (primary N) is 1. The van der Waals surface area contributed by atoms with Crippen LogP contribution in [0.25, 0.3) is 0 Å². The fourth-order valence-electron chi connectivity index (χ4n) is 1.13. The van der Waals surface area contributed by atoms with Crippen molar-refractivity contribution in [1.82, 2.24) is 0 Å². The molecule has 3 nitrogen and oxygen atoms in total. The highest BCUT2D eigenvalue weighted by molar-refractivity contribution is 5.51. The number of ether oxygens (including phenoxy) is 1. The van der Waals surface area contributed by atoms with E-state index in [-0.39, 0.29) is 0 Å². The number of benzene rings is 1. The van der Waals surface area contributed by atoms with Crippen molar-refractivity contribution >= 4 is 5.69 Å². The molecule has 0 saturated carbocycles. The van der Waals surface area contributed by atoms with Crippen molar-refractivity contribution in [1.29, 1.82) is 5.26 Å². The van der Waals surface area contributed by atoms with E-state index in [9.17, 15) is 0 Å². The number of nitrogen functional groups attached to an aromatic ring is 1. The molecule has 0 aliphatic heterocycles. The van der Waals surface area contributed by atoms with Gasteiger partial charge in [0.05, 0.1) is 19.1 Å². The van der Waals surface area contributed by atoms with Crippen LogP contribution in [0, 0.1) is 11.3 Å². The van der Waals surface area contributed by atoms with Crippen LogP contribution in [0.3, 0.4) is 0 Å². The molecule has 0 aliphatic rings. The highest BCUT2D eigenvalue weighted by Gasteiger charge is 2.01. The van der Waals surface area contributed by atoms with Crippen molar-refractivity contribution in [3.8, 4) is 11.8 Å². The van der Waals surface area contributed by atoms with E-state index in [1.165, 1.54) is 0 Å². The lowest BCUT2D eigenvalue weighted by atomic mass is 10.1. The Hall–Kier alpha value is -1.69. The zero-order chi connectivity index (χ0) is 10.4. The third kappa shape index (κ3) is 2.67. The average molecular weight is 190 g/mol. The fraction of sp³-hybridized carbons (Fsp3) is 0.364. The van der Waals surface area contributed by atoms with Gasteiger partial charge < -0.3 is 10.5 Å². The van der Waals surface area contributed by atoms with Gasteiger partial charge in [-0.1, -0.05) is 6.92 Å². The van der Waals surface area contributed by atoms with E-state index in [0.717, 1.165) is 17.7 Å². The molecule has 0 amide bonds. The average Bonchev–Trinajstić information content (AvgIpc) is 2.19. The Morgan fingerprint density at radius 1 is 1.50 bits per heavy atom. The molecule has 0 unspecified atom stereocenters. The molecule has 0 aliphatic carbocycles. The van der Waals surface area contributed by atoms with Gasteiger partial charge in [-0.25, -0.2) is 0 Å². The van der Waals surface area contributed by atoms with Crippen LogP contribution in [-0.4, -0.2) is 6.61 Å². The van der Waals surface area contributed by atoms with E-state index in [1.807, 2.05) is 19.1 Å². The predicted octanol–water partition coefficient (Wildman–Crippen LogP) is 2.12. The maximum absolute atomic E-state index is 8.56. The summed E-state index contributed by atoms with van der Waals surface area (Å²) < 4.78 is 5.43. The lowest BCUT2D eigenvalue weighted by Crippen LogP contribution is -1.98. The molecule has 0 radical (unpaired) electrons. The minimum Gasteiger partial charge on any atom is -0.494 e. The SMILES string of the molecule is CCCOc1ccc(N)c(CC#N)c1. The monoisotopic (exact) mass is 190 g/mol. The highest BCUT2D eigenvalue weighted by Crippen LogP contribution is 2.20. The van der Waals surface area contributed by atoms with Crippen LogP contribution in [0.5, 0.6) is 5.75 Å². The van der Waals surface area contributed by atoms with E-state index in [2.05, 4.69) is 6.07 Å². The first-order valence-electron chi connectivity index (χ1n) is 4.66. The predicted molar refractivity (Wildman–Crippen MR) is 56.0 cm³/mol. The minimum absolute atomic E-state index is 0.329. The molecule has 0 aromatic heterocycles.